The van der Waals surface area contributed by atoms with Crippen LogP contribution in [0.2, 0.25) is 0 Å². The van der Waals surface area contributed by atoms with Gasteiger partial charge >= 0.3 is 5.97 Å². The minimum atomic E-state index is -0.0912. The largest absolute Gasteiger partial charge is 0.468 e. The summed E-state index contributed by atoms with van der Waals surface area (Å²) >= 11 is 1.75. The van der Waals surface area contributed by atoms with E-state index in [-0.39, 0.29) is 5.97 Å². The fraction of sp³-hybridized carbons (Fsp3) is 0.923. The van der Waals surface area contributed by atoms with Crippen molar-refractivity contribution < 1.29 is 9.53 Å². The molecular weight excluding hydrogens is 220 g/mol. The Morgan fingerprint density at radius 2 is 2.19 bits per heavy atom. The van der Waals surface area contributed by atoms with Gasteiger partial charge in [-0.05, 0) is 48.2 Å². The van der Waals surface area contributed by atoms with Crippen molar-refractivity contribution in [2.45, 2.75) is 33.1 Å². The van der Waals surface area contributed by atoms with Gasteiger partial charge in [-0.25, -0.2) is 0 Å². The van der Waals surface area contributed by atoms with E-state index in [1.165, 1.54) is 26.4 Å². The maximum atomic E-state index is 11.0. The molecule has 0 aromatic rings. The molecule has 3 atom stereocenters. The van der Waals surface area contributed by atoms with Crippen molar-refractivity contribution in [1.29, 1.82) is 0 Å². The van der Waals surface area contributed by atoms with Crippen molar-refractivity contribution in [1.82, 2.24) is 0 Å². The van der Waals surface area contributed by atoms with Crippen molar-refractivity contribution in [3.63, 3.8) is 0 Å². The Morgan fingerprint density at radius 3 is 2.75 bits per heavy atom. The molecule has 92 valence electrons. The minimum Gasteiger partial charge on any atom is -0.468 e. The van der Waals surface area contributed by atoms with Crippen LogP contribution < -0.4 is 0 Å². The fourth-order valence-electron chi connectivity index (χ4n) is 3.51. The van der Waals surface area contributed by atoms with Crippen LogP contribution in [0.3, 0.4) is 0 Å². The predicted molar refractivity (Wildman–Crippen MR) is 67.4 cm³/mol. The molecule has 16 heavy (non-hydrogen) atoms. The molecule has 0 radical (unpaired) electrons. The van der Waals surface area contributed by atoms with Gasteiger partial charge in [-0.3, -0.25) is 4.79 Å². The molecule has 3 unspecified atom stereocenters. The minimum absolute atomic E-state index is 0.0912. The summed E-state index contributed by atoms with van der Waals surface area (Å²) in [7, 11) is 1.46. The molecular formula is C13H22O2S. The molecule has 3 aliphatic rings. The summed E-state index contributed by atoms with van der Waals surface area (Å²) in [5.74, 6) is 4.26. The van der Waals surface area contributed by atoms with Crippen molar-refractivity contribution in [3.05, 3.63) is 0 Å². The second-order valence-corrected chi connectivity index (χ2v) is 6.82. The number of fused-ring (bicyclic) bond motifs is 2. The number of esters is 1. The highest BCUT2D eigenvalue weighted by Crippen LogP contribution is 2.61. The Hall–Kier alpha value is -0.180. The molecule has 2 bridgehead atoms. The summed E-state index contributed by atoms with van der Waals surface area (Å²) in [6.07, 6.45) is 4.19. The van der Waals surface area contributed by atoms with Crippen LogP contribution in [0.4, 0.5) is 0 Å². The average Bonchev–Trinajstić information content (AvgIpc) is 2.28. The van der Waals surface area contributed by atoms with E-state index in [9.17, 15) is 4.79 Å². The number of carbonyl (C=O) groups is 1. The second kappa shape index (κ2) is 4.59. The van der Waals surface area contributed by atoms with Gasteiger partial charge in [0, 0.05) is 0 Å². The Bertz CT molecular complexity index is 273. The lowest BCUT2D eigenvalue weighted by Gasteiger charge is -2.60. The summed E-state index contributed by atoms with van der Waals surface area (Å²) in [5.41, 5.74) is 0.564. The molecule has 2 nitrogen and oxygen atoms in total. The molecule has 3 aliphatic carbocycles. The molecule has 0 aliphatic heterocycles. The van der Waals surface area contributed by atoms with E-state index in [1.54, 1.807) is 11.8 Å². The lowest BCUT2D eigenvalue weighted by molar-refractivity contribution is -0.137. The van der Waals surface area contributed by atoms with E-state index in [0.29, 0.717) is 11.2 Å². The van der Waals surface area contributed by atoms with Gasteiger partial charge in [0.15, 0.2) is 0 Å². The molecule has 3 fully saturated rings. The summed E-state index contributed by atoms with van der Waals surface area (Å²) in [6, 6.07) is 0. The Kier molecular flexibility index (Phi) is 3.53. The first-order valence-electron chi connectivity index (χ1n) is 6.20. The van der Waals surface area contributed by atoms with Crippen LogP contribution >= 0.6 is 11.8 Å². The average molecular weight is 242 g/mol. The van der Waals surface area contributed by atoms with E-state index in [1.807, 2.05) is 0 Å². The Labute approximate surface area is 103 Å². The standard InChI is InChI=1S/C13H22O2S/c1-13(2)10-5-4-9(11(13)6-10)7-16-8-12(14)15-3/h9-11H,4-8H2,1-3H3. The first-order valence-corrected chi connectivity index (χ1v) is 7.35. The number of carbonyl (C=O) groups excluding carboxylic acids is 1. The Balaban J connectivity index is 1.76. The first kappa shape index (κ1) is 12.3. The molecule has 0 aromatic carbocycles. The zero-order chi connectivity index (χ0) is 11.8. The van der Waals surface area contributed by atoms with E-state index in [0.717, 1.165) is 23.5 Å². The number of rotatable bonds is 4. The van der Waals surface area contributed by atoms with E-state index >= 15 is 0 Å². The summed E-state index contributed by atoms with van der Waals surface area (Å²) in [4.78, 5) is 11.0. The predicted octanol–water partition coefficient (Wildman–Crippen LogP) is 2.96. The number of hydrogen-bond donors (Lipinski definition) is 0. The monoisotopic (exact) mass is 242 g/mol. The number of methoxy groups -OCH3 is 1. The third-order valence-corrected chi connectivity index (χ3v) is 5.88. The van der Waals surface area contributed by atoms with Crippen LogP contribution in [0.1, 0.15) is 33.1 Å². The fourth-order valence-corrected chi connectivity index (χ4v) is 4.62. The van der Waals surface area contributed by atoms with E-state index in [2.05, 4.69) is 18.6 Å². The number of hydrogen-bond acceptors (Lipinski definition) is 3. The summed E-state index contributed by atoms with van der Waals surface area (Å²) in [6.45, 7) is 4.84. The highest BCUT2D eigenvalue weighted by molar-refractivity contribution is 7.99. The highest BCUT2D eigenvalue weighted by Gasteiger charge is 2.53. The molecule has 0 N–H and O–H groups in total. The maximum absolute atomic E-state index is 11.0. The summed E-state index contributed by atoms with van der Waals surface area (Å²) in [5, 5.41) is 0. The molecule has 3 rings (SSSR count). The molecule has 3 heteroatoms. The van der Waals surface area contributed by atoms with Gasteiger partial charge in [0.05, 0.1) is 12.9 Å². The highest BCUT2D eigenvalue weighted by atomic mass is 32.2. The van der Waals surface area contributed by atoms with Crippen LogP contribution in [-0.4, -0.2) is 24.6 Å². The third kappa shape index (κ3) is 2.11. The van der Waals surface area contributed by atoms with Gasteiger partial charge < -0.3 is 4.74 Å². The van der Waals surface area contributed by atoms with Crippen LogP contribution in [0, 0.1) is 23.2 Å². The molecule has 0 aromatic heterocycles. The topological polar surface area (TPSA) is 26.3 Å². The lowest BCUT2D eigenvalue weighted by Crippen LogP contribution is -2.52. The normalized spacial score (nSPS) is 35.3. The van der Waals surface area contributed by atoms with Gasteiger partial charge in [0.1, 0.15) is 0 Å². The van der Waals surface area contributed by atoms with Crippen LogP contribution in [0.25, 0.3) is 0 Å². The third-order valence-electron chi connectivity index (χ3n) is 4.78. The molecule has 0 spiro atoms. The number of ether oxygens (including phenoxy) is 1. The van der Waals surface area contributed by atoms with Crippen LogP contribution in [0.15, 0.2) is 0 Å². The van der Waals surface area contributed by atoms with E-state index in [4.69, 9.17) is 0 Å². The zero-order valence-corrected chi connectivity index (χ0v) is 11.3. The van der Waals surface area contributed by atoms with Gasteiger partial charge in [-0.1, -0.05) is 13.8 Å². The van der Waals surface area contributed by atoms with Crippen molar-refractivity contribution in [2.75, 3.05) is 18.6 Å². The lowest BCUT2D eigenvalue weighted by atomic mass is 9.46. The molecule has 0 amide bonds. The maximum Gasteiger partial charge on any atom is 0.315 e. The van der Waals surface area contributed by atoms with Gasteiger partial charge in [0.2, 0.25) is 0 Å². The van der Waals surface area contributed by atoms with Crippen molar-refractivity contribution in [3.8, 4) is 0 Å². The van der Waals surface area contributed by atoms with Crippen molar-refractivity contribution >= 4 is 17.7 Å². The van der Waals surface area contributed by atoms with Gasteiger partial charge in [0.25, 0.3) is 0 Å². The second-order valence-electron chi connectivity index (χ2n) is 5.79. The zero-order valence-electron chi connectivity index (χ0n) is 10.5. The smallest absolute Gasteiger partial charge is 0.315 e. The Morgan fingerprint density at radius 1 is 1.44 bits per heavy atom. The van der Waals surface area contributed by atoms with Gasteiger partial charge in [-0.2, -0.15) is 0 Å². The SMILES string of the molecule is COC(=O)CSCC1CCC2CC1C2(C)C. The van der Waals surface area contributed by atoms with Crippen molar-refractivity contribution in [2.24, 2.45) is 23.2 Å². The molecule has 0 heterocycles. The van der Waals surface area contributed by atoms with Crippen LogP contribution in [0.5, 0.6) is 0 Å². The first-order chi connectivity index (χ1) is 7.55. The van der Waals surface area contributed by atoms with E-state index < -0.39 is 0 Å². The van der Waals surface area contributed by atoms with Gasteiger partial charge in [-0.15, -0.1) is 11.8 Å². The molecule has 0 saturated heterocycles. The quantitative estimate of drug-likeness (QED) is 0.709. The number of thioether (sulfide) groups is 1. The summed E-state index contributed by atoms with van der Waals surface area (Å²) < 4.78 is 4.66. The molecule has 3 saturated carbocycles. The van der Waals surface area contributed by atoms with Crippen LogP contribution in [-0.2, 0) is 9.53 Å².